The summed E-state index contributed by atoms with van der Waals surface area (Å²) in [5.41, 5.74) is 8.81. The molecule has 1 aromatic heterocycles. The summed E-state index contributed by atoms with van der Waals surface area (Å²) in [6.45, 7) is 1.94. The number of nitrogen functional groups attached to an aromatic ring is 1. The summed E-state index contributed by atoms with van der Waals surface area (Å²) in [4.78, 5) is 12.3. The van der Waals surface area contributed by atoms with Crippen LogP contribution in [-0.2, 0) is 0 Å². The van der Waals surface area contributed by atoms with Crippen LogP contribution in [-0.4, -0.2) is 5.91 Å². The number of aryl methyl sites for hydroxylation is 1. The Morgan fingerprint density at radius 2 is 1.96 bits per heavy atom. The summed E-state index contributed by atoms with van der Waals surface area (Å²) in [5.74, 6) is 0.434. The van der Waals surface area contributed by atoms with Crippen molar-refractivity contribution < 1.29 is 9.21 Å². The van der Waals surface area contributed by atoms with Crippen molar-refractivity contribution in [3.05, 3.63) is 70.9 Å². The van der Waals surface area contributed by atoms with E-state index in [0.29, 0.717) is 22.2 Å². The van der Waals surface area contributed by atoms with Gasteiger partial charge < -0.3 is 15.5 Å². The number of amides is 1. The predicted molar refractivity (Wildman–Crippen MR) is 92.7 cm³/mol. The molecule has 0 spiro atoms. The van der Waals surface area contributed by atoms with E-state index in [-0.39, 0.29) is 11.7 Å². The second-order valence-electron chi connectivity index (χ2n) is 5.22. The van der Waals surface area contributed by atoms with E-state index in [2.05, 4.69) is 5.32 Å². The van der Waals surface area contributed by atoms with E-state index < -0.39 is 0 Å². The van der Waals surface area contributed by atoms with Crippen molar-refractivity contribution >= 4 is 28.9 Å². The second-order valence-corrected chi connectivity index (χ2v) is 5.66. The summed E-state index contributed by atoms with van der Waals surface area (Å²) in [5, 5.41) is 3.35. The molecule has 0 unspecified atom stereocenters. The van der Waals surface area contributed by atoms with Crippen molar-refractivity contribution in [1.29, 1.82) is 0 Å². The molecule has 116 valence electrons. The SMILES string of the molecule is Cc1ccc(NC(=O)c2ccc(-c3cccc(Cl)c3)o2)c(N)c1. The number of nitrogens with one attached hydrogen (secondary N) is 1. The third kappa shape index (κ3) is 3.38. The van der Waals surface area contributed by atoms with Crippen molar-refractivity contribution in [3.63, 3.8) is 0 Å². The molecule has 0 saturated heterocycles. The third-order valence-corrected chi connectivity index (χ3v) is 3.63. The van der Waals surface area contributed by atoms with Crippen LogP contribution >= 0.6 is 11.6 Å². The summed E-state index contributed by atoms with van der Waals surface area (Å²) < 4.78 is 5.61. The van der Waals surface area contributed by atoms with Crippen LogP contribution in [0.1, 0.15) is 16.1 Å². The lowest BCUT2D eigenvalue weighted by molar-refractivity contribution is 0.0997. The largest absolute Gasteiger partial charge is 0.451 e. The lowest BCUT2D eigenvalue weighted by Gasteiger charge is -2.07. The minimum Gasteiger partial charge on any atom is -0.451 e. The fourth-order valence-corrected chi connectivity index (χ4v) is 2.43. The number of rotatable bonds is 3. The summed E-state index contributed by atoms with van der Waals surface area (Å²) in [6, 6.07) is 16.1. The van der Waals surface area contributed by atoms with Gasteiger partial charge in [-0.1, -0.05) is 29.8 Å². The highest BCUT2D eigenvalue weighted by Crippen LogP contribution is 2.26. The molecule has 0 aliphatic carbocycles. The average Bonchev–Trinajstić information content (AvgIpc) is 3.00. The molecule has 3 N–H and O–H groups in total. The molecule has 2 aromatic carbocycles. The van der Waals surface area contributed by atoms with E-state index in [4.69, 9.17) is 21.8 Å². The normalized spacial score (nSPS) is 10.5. The second kappa shape index (κ2) is 6.18. The standard InChI is InChI=1S/C18H15ClN2O2/c1-11-5-6-15(14(20)9-11)21-18(22)17-8-7-16(23-17)12-3-2-4-13(19)10-12/h2-10H,20H2,1H3,(H,21,22). The van der Waals surface area contributed by atoms with Gasteiger partial charge >= 0.3 is 0 Å². The van der Waals surface area contributed by atoms with E-state index in [0.717, 1.165) is 11.1 Å². The minimum atomic E-state index is -0.353. The zero-order chi connectivity index (χ0) is 16.4. The highest BCUT2D eigenvalue weighted by molar-refractivity contribution is 6.30. The Balaban J connectivity index is 1.81. The fraction of sp³-hybridized carbons (Fsp3) is 0.0556. The van der Waals surface area contributed by atoms with Crippen molar-refractivity contribution in [2.24, 2.45) is 0 Å². The van der Waals surface area contributed by atoms with Gasteiger partial charge in [-0.25, -0.2) is 0 Å². The number of hydrogen-bond donors (Lipinski definition) is 2. The Morgan fingerprint density at radius 3 is 2.70 bits per heavy atom. The Kier molecular flexibility index (Phi) is 4.08. The lowest BCUT2D eigenvalue weighted by Crippen LogP contribution is -2.12. The van der Waals surface area contributed by atoms with Crippen LogP contribution in [0.25, 0.3) is 11.3 Å². The van der Waals surface area contributed by atoms with Crippen LogP contribution in [0.4, 0.5) is 11.4 Å². The van der Waals surface area contributed by atoms with Crippen LogP contribution in [0, 0.1) is 6.92 Å². The molecule has 1 amide bonds. The monoisotopic (exact) mass is 326 g/mol. The van der Waals surface area contributed by atoms with Gasteiger partial charge in [0.15, 0.2) is 5.76 Å². The molecule has 0 aliphatic rings. The maximum Gasteiger partial charge on any atom is 0.291 e. The van der Waals surface area contributed by atoms with Gasteiger partial charge in [0, 0.05) is 10.6 Å². The van der Waals surface area contributed by atoms with Gasteiger partial charge in [0.2, 0.25) is 0 Å². The Bertz CT molecular complexity index is 871. The van der Waals surface area contributed by atoms with Crippen LogP contribution < -0.4 is 11.1 Å². The number of carbonyl (C=O) groups excluding carboxylic acids is 1. The van der Waals surface area contributed by atoms with Crippen molar-refractivity contribution in [2.45, 2.75) is 6.92 Å². The number of hydrogen-bond acceptors (Lipinski definition) is 3. The van der Waals surface area contributed by atoms with Crippen molar-refractivity contribution in [2.75, 3.05) is 11.1 Å². The highest BCUT2D eigenvalue weighted by atomic mass is 35.5. The first kappa shape index (κ1) is 15.2. The minimum absolute atomic E-state index is 0.208. The summed E-state index contributed by atoms with van der Waals surface area (Å²) >= 11 is 5.97. The van der Waals surface area contributed by atoms with Crippen molar-refractivity contribution in [1.82, 2.24) is 0 Å². The Hall–Kier alpha value is -2.72. The molecule has 0 saturated carbocycles. The first-order valence-corrected chi connectivity index (χ1v) is 7.44. The third-order valence-electron chi connectivity index (χ3n) is 3.39. The van der Waals surface area contributed by atoms with Crippen LogP contribution in [0.15, 0.2) is 59.0 Å². The molecule has 0 bridgehead atoms. The first-order valence-electron chi connectivity index (χ1n) is 7.06. The maximum absolute atomic E-state index is 12.3. The number of anilines is 2. The molecule has 4 nitrogen and oxygen atoms in total. The van der Waals surface area contributed by atoms with Gasteiger partial charge in [-0.05, 0) is 48.9 Å². The summed E-state index contributed by atoms with van der Waals surface area (Å²) in [6.07, 6.45) is 0. The first-order chi connectivity index (χ1) is 11.0. The number of furan rings is 1. The quantitative estimate of drug-likeness (QED) is 0.683. The summed E-state index contributed by atoms with van der Waals surface area (Å²) in [7, 11) is 0. The molecule has 3 rings (SSSR count). The maximum atomic E-state index is 12.3. The Morgan fingerprint density at radius 1 is 1.13 bits per heavy atom. The van der Waals surface area contributed by atoms with E-state index >= 15 is 0 Å². The van der Waals surface area contributed by atoms with E-state index in [1.165, 1.54) is 0 Å². The van der Waals surface area contributed by atoms with Crippen LogP contribution in [0.3, 0.4) is 0 Å². The molecule has 1 heterocycles. The fourth-order valence-electron chi connectivity index (χ4n) is 2.24. The molecule has 0 fully saturated rings. The zero-order valence-corrected chi connectivity index (χ0v) is 13.2. The number of halogens is 1. The number of benzene rings is 2. The van der Waals surface area contributed by atoms with E-state index in [1.807, 2.05) is 25.1 Å². The molecule has 3 aromatic rings. The molecular formula is C18H15ClN2O2. The van der Waals surface area contributed by atoms with Gasteiger partial charge in [-0.2, -0.15) is 0 Å². The number of carbonyl (C=O) groups is 1. The Labute approximate surface area is 138 Å². The van der Waals surface area contributed by atoms with Gasteiger partial charge in [0.1, 0.15) is 5.76 Å². The van der Waals surface area contributed by atoms with Crippen LogP contribution in [0.2, 0.25) is 5.02 Å². The number of nitrogens with two attached hydrogens (primary N) is 1. The van der Waals surface area contributed by atoms with Crippen molar-refractivity contribution in [3.8, 4) is 11.3 Å². The molecule has 0 radical (unpaired) electrons. The molecule has 0 atom stereocenters. The molecule has 5 heteroatoms. The van der Waals surface area contributed by atoms with Gasteiger partial charge in [-0.3, -0.25) is 4.79 Å². The van der Waals surface area contributed by atoms with E-state index in [9.17, 15) is 4.79 Å². The molecule has 23 heavy (non-hydrogen) atoms. The zero-order valence-electron chi connectivity index (χ0n) is 12.5. The molecule has 0 aliphatic heterocycles. The lowest BCUT2D eigenvalue weighted by atomic mass is 10.2. The van der Waals surface area contributed by atoms with Gasteiger partial charge in [0.05, 0.1) is 11.4 Å². The van der Waals surface area contributed by atoms with Crippen LogP contribution in [0.5, 0.6) is 0 Å². The molecular weight excluding hydrogens is 312 g/mol. The van der Waals surface area contributed by atoms with Gasteiger partial charge in [-0.15, -0.1) is 0 Å². The predicted octanol–water partition coefficient (Wildman–Crippen LogP) is 4.74. The highest BCUT2D eigenvalue weighted by Gasteiger charge is 2.13. The van der Waals surface area contributed by atoms with Gasteiger partial charge in [0.25, 0.3) is 5.91 Å². The smallest absolute Gasteiger partial charge is 0.291 e. The average molecular weight is 327 g/mol. The topological polar surface area (TPSA) is 68.3 Å². The van der Waals surface area contributed by atoms with E-state index in [1.54, 1.807) is 36.4 Å².